The SMILES string of the molecule is COC(=O)CCCNC(=O)CCc1cc(C(C)(C)C)c(O)c(C(C)(C)C)c1. The fourth-order valence-electron chi connectivity index (χ4n) is 2.89. The minimum atomic E-state index is -0.266. The summed E-state index contributed by atoms with van der Waals surface area (Å²) in [5.74, 6) is 0.0475. The first-order valence-electron chi connectivity index (χ1n) is 9.56. The van der Waals surface area contributed by atoms with E-state index in [1.165, 1.54) is 7.11 Å². The summed E-state index contributed by atoms with van der Waals surface area (Å²) in [4.78, 5) is 23.1. The number of esters is 1. The van der Waals surface area contributed by atoms with Gasteiger partial charge in [0.25, 0.3) is 0 Å². The molecule has 0 radical (unpaired) electrons. The molecule has 0 aromatic heterocycles. The van der Waals surface area contributed by atoms with E-state index in [2.05, 4.69) is 51.6 Å². The number of carbonyl (C=O) groups excluding carboxylic acids is 2. The van der Waals surface area contributed by atoms with Gasteiger partial charge in [-0.15, -0.1) is 0 Å². The molecule has 0 spiro atoms. The van der Waals surface area contributed by atoms with E-state index < -0.39 is 0 Å². The molecule has 0 heterocycles. The zero-order valence-corrected chi connectivity index (χ0v) is 17.9. The smallest absolute Gasteiger partial charge is 0.305 e. The van der Waals surface area contributed by atoms with Crippen LogP contribution in [0.4, 0.5) is 0 Å². The van der Waals surface area contributed by atoms with E-state index in [0.29, 0.717) is 38.0 Å². The van der Waals surface area contributed by atoms with Crippen molar-refractivity contribution in [2.75, 3.05) is 13.7 Å². The lowest BCUT2D eigenvalue weighted by atomic mass is 9.78. The number of carbonyl (C=O) groups is 2. The highest BCUT2D eigenvalue weighted by Crippen LogP contribution is 2.39. The van der Waals surface area contributed by atoms with E-state index in [1.54, 1.807) is 0 Å². The van der Waals surface area contributed by atoms with Crippen molar-refractivity contribution in [1.82, 2.24) is 5.32 Å². The second-order valence-electron chi connectivity index (χ2n) is 9.07. The van der Waals surface area contributed by atoms with E-state index in [-0.39, 0.29) is 22.7 Å². The van der Waals surface area contributed by atoms with Crippen LogP contribution in [0.1, 0.15) is 77.5 Å². The molecule has 0 aliphatic carbocycles. The first kappa shape index (κ1) is 23.0. The zero-order chi connectivity index (χ0) is 20.8. The van der Waals surface area contributed by atoms with Gasteiger partial charge in [-0.3, -0.25) is 9.59 Å². The number of amides is 1. The van der Waals surface area contributed by atoms with Crippen LogP contribution in [0.3, 0.4) is 0 Å². The molecule has 1 rings (SSSR count). The molecule has 0 fully saturated rings. The second kappa shape index (κ2) is 9.25. The van der Waals surface area contributed by atoms with Gasteiger partial charge in [-0.1, -0.05) is 53.7 Å². The van der Waals surface area contributed by atoms with Crippen LogP contribution >= 0.6 is 0 Å². The first-order chi connectivity index (χ1) is 12.4. The van der Waals surface area contributed by atoms with Crippen molar-refractivity contribution in [1.29, 1.82) is 0 Å². The van der Waals surface area contributed by atoms with Crippen molar-refractivity contribution >= 4 is 11.9 Å². The third kappa shape index (κ3) is 7.24. The molecule has 0 saturated carbocycles. The molecule has 5 nitrogen and oxygen atoms in total. The summed E-state index contributed by atoms with van der Waals surface area (Å²) in [6.45, 7) is 12.9. The number of rotatable bonds is 7. The van der Waals surface area contributed by atoms with Gasteiger partial charge in [0, 0.05) is 19.4 Å². The Kier molecular flexibility index (Phi) is 7.88. The predicted octanol–water partition coefficient (Wildman–Crippen LogP) is 3.99. The lowest BCUT2D eigenvalue weighted by Crippen LogP contribution is -2.25. The number of hydrogen-bond acceptors (Lipinski definition) is 4. The van der Waals surface area contributed by atoms with Gasteiger partial charge in [0.1, 0.15) is 5.75 Å². The Morgan fingerprint density at radius 2 is 1.52 bits per heavy atom. The predicted molar refractivity (Wildman–Crippen MR) is 108 cm³/mol. The van der Waals surface area contributed by atoms with Crippen LogP contribution in [0.5, 0.6) is 5.75 Å². The number of ether oxygens (including phenoxy) is 1. The van der Waals surface area contributed by atoms with Crippen molar-refractivity contribution in [3.05, 3.63) is 28.8 Å². The Balaban J connectivity index is 2.80. The molecular formula is C22H35NO4. The molecular weight excluding hydrogens is 342 g/mol. The number of phenols is 1. The third-order valence-corrected chi connectivity index (χ3v) is 4.53. The normalized spacial score (nSPS) is 12.0. The second-order valence-corrected chi connectivity index (χ2v) is 9.07. The molecule has 152 valence electrons. The Hall–Kier alpha value is -2.04. The third-order valence-electron chi connectivity index (χ3n) is 4.53. The summed E-state index contributed by atoms with van der Waals surface area (Å²) in [6.07, 6.45) is 1.85. The molecule has 1 aromatic rings. The summed E-state index contributed by atoms with van der Waals surface area (Å²) in [5.41, 5.74) is 2.49. The molecule has 0 atom stereocenters. The number of methoxy groups -OCH3 is 1. The highest BCUT2D eigenvalue weighted by Gasteiger charge is 2.26. The van der Waals surface area contributed by atoms with Crippen molar-refractivity contribution in [2.45, 2.75) is 78.1 Å². The van der Waals surface area contributed by atoms with Crippen molar-refractivity contribution in [3.63, 3.8) is 0 Å². The van der Waals surface area contributed by atoms with Gasteiger partial charge < -0.3 is 15.2 Å². The quantitative estimate of drug-likeness (QED) is 0.556. The summed E-state index contributed by atoms with van der Waals surface area (Å²) < 4.78 is 4.58. The van der Waals surface area contributed by atoms with Crippen LogP contribution in [-0.4, -0.2) is 30.6 Å². The molecule has 2 N–H and O–H groups in total. The minimum absolute atomic E-state index is 0.0393. The van der Waals surface area contributed by atoms with Gasteiger partial charge >= 0.3 is 5.97 Å². The van der Waals surface area contributed by atoms with Gasteiger partial charge in [0.05, 0.1) is 7.11 Å². The van der Waals surface area contributed by atoms with Gasteiger partial charge in [0.2, 0.25) is 5.91 Å². The largest absolute Gasteiger partial charge is 0.507 e. The average Bonchev–Trinajstić information content (AvgIpc) is 2.55. The molecule has 1 amide bonds. The average molecular weight is 378 g/mol. The van der Waals surface area contributed by atoms with E-state index in [9.17, 15) is 14.7 Å². The van der Waals surface area contributed by atoms with Crippen LogP contribution in [0.15, 0.2) is 12.1 Å². The van der Waals surface area contributed by atoms with E-state index in [0.717, 1.165) is 16.7 Å². The Morgan fingerprint density at radius 3 is 1.96 bits per heavy atom. The number of phenolic OH excluding ortho intramolecular Hbond substituents is 1. The summed E-state index contributed by atoms with van der Waals surface area (Å²) in [6, 6.07) is 4.02. The van der Waals surface area contributed by atoms with E-state index >= 15 is 0 Å². The van der Waals surface area contributed by atoms with Gasteiger partial charge in [-0.2, -0.15) is 0 Å². The minimum Gasteiger partial charge on any atom is -0.507 e. The van der Waals surface area contributed by atoms with Crippen molar-refractivity contribution < 1.29 is 19.4 Å². The number of hydrogen-bond donors (Lipinski definition) is 2. The maximum Gasteiger partial charge on any atom is 0.305 e. The number of nitrogens with one attached hydrogen (secondary N) is 1. The molecule has 27 heavy (non-hydrogen) atoms. The van der Waals surface area contributed by atoms with Gasteiger partial charge in [0.15, 0.2) is 0 Å². The fourth-order valence-corrected chi connectivity index (χ4v) is 2.89. The number of aromatic hydroxyl groups is 1. The molecule has 1 aromatic carbocycles. The molecule has 0 bridgehead atoms. The van der Waals surface area contributed by atoms with Crippen molar-refractivity contribution in [3.8, 4) is 5.75 Å². The maximum atomic E-state index is 12.1. The van der Waals surface area contributed by atoms with E-state index in [4.69, 9.17) is 0 Å². The molecule has 0 aliphatic rings. The Morgan fingerprint density at radius 1 is 1.00 bits per heavy atom. The van der Waals surface area contributed by atoms with Crippen LogP contribution in [0.25, 0.3) is 0 Å². The lowest BCUT2D eigenvalue weighted by Gasteiger charge is -2.28. The number of benzene rings is 1. The topological polar surface area (TPSA) is 75.6 Å². The van der Waals surface area contributed by atoms with Gasteiger partial charge in [-0.05, 0) is 40.4 Å². The molecule has 0 aliphatic heterocycles. The van der Waals surface area contributed by atoms with Crippen molar-refractivity contribution in [2.24, 2.45) is 0 Å². The van der Waals surface area contributed by atoms with E-state index in [1.807, 2.05) is 12.1 Å². The highest BCUT2D eigenvalue weighted by atomic mass is 16.5. The van der Waals surface area contributed by atoms with Crippen LogP contribution in [-0.2, 0) is 31.6 Å². The van der Waals surface area contributed by atoms with Crippen LogP contribution in [0, 0.1) is 0 Å². The monoisotopic (exact) mass is 377 g/mol. The Labute approximate surface area is 163 Å². The Bertz CT molecular complexity index is 631. The highest BCUT2D eigenvalue weighted by molar-refractivity contribution is 5.76. The fraction of sp³-hybridized carbons (Fsp3) is 0.636. The standard InChI is InChI=1S/C22H35NO4/c1-21(2,3)16-13-15(14-17(20(16)26)22(4,5)6)10-11-18(24)23-12-8-9-19(25)27-7/h13-14,26H,8-12H2,1-7H3,(H,23,24). The zero-order valence-electron chi connectivity index (χ0n) is 17.9. The maximum absolute atomic E-state index is 12.1. The molecule has 5 heteroatoms. The summed E-state index contributed by atoms with van der Waals surface area (Å²) in [5, 5.41) is 13.6. The van der Waals surface area contributed by atoms with Gasteiger partial charge in [-0.25, -0.2) is 0 Å². The number of aryl methyl sites for hydroxylation is 1. The molecule has 0 saturated heterocycles. The molecule has 0 unspecified atom stereocenters. The van der Waals surface area contributed by atoms with Crippen LogP contribution < -0.4 is 5.32 Å². The summed E-state index contributed by atoms with van der Waals surface area (Å²) >= 11 is 0. The van der Waals surface area contributed by atoms with Crippen LogP contribution in [0.2, 0.25) is 0 Å². The first-order valence-corrected chi connectivity index (χ1v) is 9.56. The summed E-state index contributed by atoms with van der Waals surface area (Å²) in [7, 11) is 1.36. The lowest BCUT2D eigenvalue weighted by molar-refractivity contribution is -0.140.